The monoisotopic (exact) mass is 301 g/mol. The van der Waals surface area contributed by atoms with Gasteiger partial charge in [-0.15, -0.1) is 0 Å². The SMILES string of the molecule is CC(NCCCc1ccccc1)C(O)c1ccc(O)c(O)c1. The molecule has 2 atom stereocenters. The molecule has 0 amide bonds. The minimum atomic E-state index is -0.733. The molecule has 0 saturated heterocycles. The Kier molecular flexibility index (Phi) is 5.81. The molecule has 0 aliphatic heterocycles. The Morgan fingerprint density at radius 2 is 1.73 bits per heavy atom. The molecule has 2 aromatic carbocycles. The molecule has 4 nitrogen and oxygen atoms in total. The Balaban J connectivity index is 1.78. The van der Waals surface area contributed by atoms with Crippen molar-refractivity contribution in [2.24, 2.45) is 0 Å². The summed E-state index contributed by atoms with van der Waals surface area (Å²) < 4.78 is 0. The van der Waals surface area contributed by atoms with Crippen molar-refractivity contribution < 1.29 is 15.3 Å². The molecule has 0 fully saturated rings. The van der Waals surface area contributed by atoms with Crippen molar-refractivity contribution in [3.8, 4) is 11.5 Å². The number of aliphatic hydroxyl groups is 1. The van der Waals surface area contributed by atoms with Gasteiger partial charge in [-0.2, -0.15) is 0 Å². The zero-order chi connectivity index (χ0) is 15.9. The summed E-state index contributed by atoms with van der Waals surface area (Å²) in [5.74, 6) is -0.396. The zero-order valence-corrected chi connectivity index (χ0v) is 12.7. The van der Waals surface area contributed by atoms with Crippen molar-refractivity contribution in [2.45, 2.75) is 31.9 Å². The van der Waals surface area contributed by atoms with Crippen LogP contribution >= 0.6 is 0 Å². The molecule has 0 spiro atoms. The number of phenols is 2. The van der Waals surface area contributed by atoms with Gasteiger partial charge in [0.15, 0.2) is 11.5 Å². The van der Waals surface area contributed by atoms with E-state index in [4.69, 9.17) is 0 Å². The smallest absolute Gasteiger partial charge is 0.157 e. The summed E-state index contributed by atoms with van der Waals surface area (Å²) in [6, 6.07) is 14.5. The molecular formula is C18H23NO3. The lowest BCUT2D eigenvalue weighted by atomic mass is 10.0. The standard InChI is InChI=1S/C18H23NO3/c1-13(18(22)15-9-10-16(20)17(21)12-15)19-11-5-8-14-6-3-2-4-7-14/h2-4,6-7,9-10,12-13,18-22H,5,8,11H2,1H3. The molecule has 0 radical (unpaired) electrons. The van der Waals surface area contributed by atoms with Crippen LogP contribution in [0.2, 0.25) is 0 Å². The van der Waals surface area contributed by atoms with Crippen molar-refractivity contribution in [3.63, 3.8) is 0 Å². The van der Waals surface area contributed by atoms with Crippen LogP contribution in [0.4, 0.5) is 0 Å². The fourth-order valence-electron chi connectivity index (χ4n) is 2.39. The van der Waals surface area contributed by atoms with Crippen LogP contribution in [0.25, 0.3) is 0 Å². The predicted octanol–water partition coefficient (Wildman–Crippen LogP) is 2.74. The Morgan fingerprint density at radius 1 is 1.00 bits per heavy atom. The van der Waals surface area contributed by atoms with Crippen LogP contribution in [0.3, 0.4) is 0 Å². The van der Waals surface area contributed by atoms with Crippen LogP contribution in [0.1, 0.15) is 30.6 Å². The number of benzene rings is 2. The first-order valence-electron chi connectivity index (χ1n) is 7.55. The van der Waals surface area contributed by atoms with Gasteiger partial charge in [-0.05, 0) is 49.6 Å². The Labute approximate surface area is 131 Å². The normalized spacial score (nSPS) is 13.7. The summed E-state index contributed by atoms with van der Waals surface area (Å²) in [7, 11) is 0. The molecule has 2 unspecified atom stereocenters. The Hall–Kier alpha value is -2.04. The number of aromatic hydroxyl groups is 2. The van der Waals surface area contributed by atoms with E-state index in [1.54, 1.807) is 6.07 Å². The van der Waals surface area contributed by atoms with Crippen LogP contribution in [-0.2, 0) is 6.42 Å². The second kappa shape index (κ2) is 7.82. The van der Waals surface area contributed by atoms with E-state index in [0.29, 0.717) is 5.56 Å². The first-order chi connectivity index (χ1) is 10.6. The fourth-order valence-corrected chi connectivity index (χ4v) is 2.39. The lowest BCUT2D eigenvalue weighted by Crippen LogP contribution is -2.33. The van der Waals surface area contributed by atoms with Gasteiger partial charge in [-0.25, -0.2) is 0 Å². The first kappa shape index (κ1) is 16.3. The summed E-state index contributed by atoms with van der Waals surface area (Å²) in [5, 5.41) is 32.3. The molecule has 4 N–H and O–H groups in total. The van der Waals surface area contributed by atoms with Crippen molar-refractivity contribution in [2.75, 3.05) is 6.54 Å². The van der Waals surface area contributed by atoms with E-state index in [0.717, 1.165) is 19.4 Å². The van der Waals surface area contributed by atoms with E-state index in [9.17, 15) is 15.3 Å². The Bertz CT molecular complexity index is 586. The van der Waals surface area contributed by atoms with Gasteiger partial charge in [0, 0.05) is 6.04 Å². The third-order valence-electron chi connectivity index (χ3n) is 3.77. The molecule has 0 heterocycles. The van der Waals surface area contributed by atoms with E-state index < -0.39 is 6.10 Å². The Morgan fingerprint density at radius 3 is 2.41 bits per heavy atom. The lowest BCUT2D eigenvalue weighted by Gasteiger charge is -2.21. The zero-order valence-electron chi connectivity index (χ0n) is 12.7. The molecule has 0 aliphatic carbocycles. The number of aryl methyl sites for hydroxylation is 1. The summed E-state index contributed by atoms with van der Waals surface area (Å²) >= 11 is 0. The molecule has 0 saturated carbocycles. The molecule has 0 aliphatic rings. The fraction of sp³-hybridized carbons (Fsp3) is 0.333. The highest BCUT2D eigenvalue weighted by Crippen LogP contribution is 2.28. The van der Waals surface area contributed by atoms with Crippen molar-refractivity contribution in [1.82, 2.24) is 5.32 Å². The van der Waals surface area contributed by atoms with Crippen molar-refractivity contribution in [1.29, 1.82) is 0 Å². The number of hydrogen-bond donors (Lipinski definition) is 4. The highest BCUT2D eigenvalue weighted by molar-refractivity contribution is 5.41. The minimum Gasteiger partial charge on any atom is -0.504 e. The molecule has 2 aromatic rings. The maximum atomic E-state index is 10.3. The van der Waals surface area contributed by atoms with E-state index >= 15 is 0 Å². The van der Waals surface area contributed by atoms with E-state index in [1.165, 1.54) is 17.7 Å². The topological polar surface area (TPSA) is 72.7 Å². The summed E-state index contributed by atoms with van der Waals surface area (Å²) in [6.45, 7) is 2.70. The summed E-state index contributed by atoms with van der Waals surface area (Å²) in [6.07, 6.45) is 1.25. The molecule has 118 valence electrons. The molecule has 0 aromatic heterocycles. The summed E-state index contributed by atoms with van der Waals surface area (Å²) in [4.78, 5) is 0. The average Bonchev–Trinajstić information content (AvgIpc) is 2.54. The van der Waals surface area contributed by atoms with Crippen LogP contribution in [0, 0.1) is 0 Å². The maximum Gasteiger partial charge on any atom is 0.157 e. The van der Waals surface area contributed by atoms with Gasteiger partial charge in [-0.3, -0.25) is 0 Å². The molecule has 4 heteroatoms. The molecule has 2 rings (SSSR count). The second-order valence-electron chi connectivity index (χ2n) is 5.52. The quantitative estimate of drug-likeness (QED) is 0.469. The van der Waals surface area contributed by atoms with Gasteiger partial charge in [0.2, 0.25) is 0 Å². The number of aliphatic hydroxyl groups excluding tert-OH is 1. The number of phenolic OH excluding ortho intramolecular Hbond substituents is 2. The third-order valence-corrected chi connectivity index (χ3v) is 3.77. The number of hydrogen-bond acceptors (Lipinski definition) is 4. The molecular weight excluding hydrogens is 278 g/mol. The lowest BCUT2D eigenvalue weighted by molar-refractivity contribution is 0.135. The molecule has 22 heavy (non-hydrogen) atoms. The van der Waals surface area contributed by atoms with Gasteiger partial charge < -0.3 is 20.6 Å². The first-order valence-corrected chi connectivity index (χ1v) is 7.55. The number of nitrogens with one attached hydrogen (secondary N) is 1. The van der Waals surface area contributed by atoms with Crippen molar-refractivity contribution >= 4 is 0 Å². The van der Waals surface area contributed by atoms with Crippen LogP contribution in [0.15, 0.2) is 48.5 Å². The van der Waals surface area contributed by atoms with Crippen LogP contribution in [-0.4, -0.2) is 27.9 Å². The van der Waals surface area contributed by atoms with Gasteiger partial charge >= 0.3 is 0 Å². The van der Waals surface area contributed by atoms with Gasteiger partial charge in [0.1, 0.15) is 0 Å². The van der Waals surface area contributed by atoms with Gasteiger partial charge in [0.25, 0.3) is 0 Å². The predicted molar refractivity (Wildman–Crippen MR) is 87.0 cm³/mol. The van der Waals surface area contributed by atoms with Gasteiger partial charge in [0.05, 0.1) is 6.10 Å². The van der Waals surface area contributed by atoms with E-state index in [-0.39, 0.29) is 17.5 Å². The van der Waals surface area contributed by atoms with Crippen LogP contribution < -0.4 is 5.32 Å². The minimum absolute atomic E-state index is 0.139. The molecule has 0 bridgehead atoms. The highest BCUT2D eigenvalue weighted by atomic mass is 16.3. The average molecular weight is 301 g/mol. The van der Waals surface area contributed by atoms with Crippen LogP contribution in [0.5, 0.6) is 11.5 Å². The third kappa shape index (κ3) is 4.48. The van der Waals surface area contributed by atoms with Gasteiger partial charge in [-0.1, -0.05) is 36.4 Å². The van der Waals surface area contributed by atoms with Crippen molar-refractivity contribution in [3.05, 3.63) is 59.7 Å². The number of rotatable bonds is 7. The van der Waals surface area contributed by atoms with E-state index in [1.807, 2.05) is 25.1 Å². The maximum absolute atomic E-state index is 10.3. The largest absolute Gasteiger partial charge is 0.504 e. The summed E-state index contributed by atoms with van der Waals surface area (Å²) in [5.41, 5.74) is 1.89. The highest BCUT2D eigenvalue weighted by Gasteiger charge is 2.16. The second-order valence-corrected chi connectivity index (χ2v) is 5.52. The van der Waals surface area contributed by atoms with E-state index in [2.05, 4.69) is 17.4 Å².